The van der Waals surface area contributed by atoms with Crippen molar-refractivity contribution in [2.45, 2.75) is 127 Å². The van der Waals surface area contributed by atoms with Crippen LogP contribution in [0.25, 0.3) is 0 Å². The second-order valence-electron chi connectivity index (χ2n) is 10.6. The predicted molar refractivity (Wildman–Crippen MR) is 111 cm³/mol. The number of hydrogen-bond donors (Lipinski definition) is 1. The number of rotatable bonds is 0. The zero-order chi connectivity index (χ0) is 19.8. The molecule has 3 aliphatic rings. The average molecular weight is 379 g/mol. The molecule has 1 unspecified atom stereocenters. The summed E-state index contributed by atoms with van der Waals surface area (Å²) in [5.41, 5.74) is -1.52. The Hall–Kier alpha value is -0.450. The van der Waals surface area contributed by atoms with Gasteiger partial charge < -0.3 is 4.74 Å². The van der Waals surface area contributed by atoms with Crippen LogP contribution < -0.4 is 5.32 Å². The highest BCUT2D eigenvalue weighted by atomic mass is 16.6. The molecule has 0 amide bonds. The smallest absolute Gasteiger partial charge is 0.185 e. The molecule has 0 aromatic rings. The molecule has 2 heterocycles. The van der Waals surface area contributed by atoms with E-state index in [9.17, 15) is 4.79 Å². The Morgan fingerprint density at radius 1 is 0.852 bits per heavy atom. The van der Waals surface area contributed by atoms with Gasteiger partial charge in [-0.25, -0.2) is 0 Å². The van der Waals surface area contributed by atoms with Crippen LogP contribution in [0.1, 0.15) is 105 Å². The van der Waals surface area contributed by atoms with E-state index < -0.39 is 11.1 Å². The Morgan fingerprint density at radius 3 is 1.85 bits per heavy atom. The lowest BCUT2D eigenvalue weighted by Crippen LogP contribution is -2.71. The van der Waals surface area contributed by atoms with Crippen LogP contribution in [0.4, 0.5) is 0 Å². The highest BCUT2D eigenvalue weighted by molar-refractivity contribution is 5.96. The molecule has 27 heavy (non-hydrogen) atoms. The van der Waals surface area contributed by atoms with Crippen molar-refractivity contribution < 1.29 is 9.53 Å². The van der Waals surface area contributed by atoms with Gasteiger partial charge in [0.05, 0.1) is 5.54 Å². The summed E-state index contributed by atoms with van der Waals surface area (Å²) in [4.78, 5) is 15.8. The van der Waals surface area contributed by atoms with E-state index in [-0.39, 0.29) is 17.0 Å². The molecular formula is C23H42N2O2. The van der Waals surface area contributed by atoms with Crippen LogP contribution >= 0.6 is 0 Å². The number of hydrogen-bond acceptors (Lipinski definition) is 4. The first kappa shape index (κ1) is 21.3. The van der Waals surface area contributed by atoms with Crippen molar-refractivity contribution in [3.8, 4) is 0 Å². The van der Waals surface area contributed by atoms with E-state index in [4.69, 9.17) is 4.74 Å². The quantitative estimate of drug-likeness (QED) is 0.657. The van der Waals surface area contributed by atoms with E-state index in [0.717, 1.165) is 19.3 Å². The summed E-state index contributed by atoms with van der Waals surface area (Å²) < 4.78 is 6.87. The van der Waals surface area contributed by atoms with Crippen molar-refractivity contribution in [2.24, 2.45) is 0 Å². The zero-order valence-corrected chi connectivity index (χ0v) is 18.5. The second kappa shape index (κ2) is 7.76. The van der Waals surface area contributed by atoms with Gasteiger partial charge in [-0.2, -0.15) is 0 Å². The predicted octanol–water partition coefficient (Wildman–Crippen LogP) is 4.81. The number of nitrogens with zero attached hydrogens (tertiary/aromatic N) is 1. The van der Waals surface area contributed by atoms with Gasteiger partial charge >= 0.3 is 0 Å². The van der Waals surface area contributed by atoms with E-state index in [1.165, 1.54) is 57.8 Å². The van der Waals surface area contributed by atoms with Gasteiger partial charge in [-0.05, 0) is 60.4 Å². The van der Waals surface area contributed by atoms with Gasteiger partial charge in [0.25, 0.3) is 0 Å². The SMILES string of the molecule is CN1C(C)(C)CC2(CNC3(CCCCCCCCCCC3)O2)C(=O)C1(C)C. The van der Waals surface area contributed by atoms with Crippen LogP contribution in [-0.2, 0) is 9.53 Å². The molecule has 3 fully saturated rings. The first-order chi connectivity index (χ1) is 12.6. The minimum atomic E-state index is -0.670. The van der Waals surface area contributed by atoms with Gasteiger partial charge in [-0.1, -0.05) is 44.9 Å². The average Bonchev–Trinajstić information content (AvgIpc) is 2.95. The molecule has 156 valence electrons. The van der Waals surface area contributed by atoms with E-state index in [2.05, 4.69) is 45.0 Å². The zero-order valence-electron chi connectivity index (χ0n) is 18.5. The molecule has 2 aliphatic heterocycles. The monoisotopic (exact) mass is 378 g/mol. The maximum absolute atomic E-state index is 13.6. The molecule has 2 saturated heterocycles. The summed E-state index contributed by atoms with van der Waals surface area (Å²) in [5, 5.41) is 3.74. The number of piperidine rings is 1. The molecule has 1 aliphatic carbocycles. The Labute approximate surface area is 166 Å². The molecule has 1 saturated carbocycles. The fourth-order valence-corrected chi connectivity index (χ4v) is 5.80. The number of nitrogens with one attached hydrogen (secondary N) is 1. The van der Waals surface area contributed by atoms with Crippen molar-refractivity contribution >= 4 is 5.78 Å². The molecule has 0 radical (unpaired) electrons. The first-order valence-electron chi connectivity index (χ1n) is 11.4. The fraction of sp³-hybridized carbons (Fsp3) is 0.957. The Bertz CT molecular complexity index is 530. The van der Waals surface area contributed by atoms with Crippen molar-refractivity contribution in [3.05, 3.63) is 0 Å². The molecule has 2 spiro atoms. The summed E-state index contributed by atoms with van der Waals surface area (Å²) in [6.07, 6.45) is 14.6. The lowest BCUT2D eigenvalue weighted by atomic mass is 9.70. The molecule has 4 nitrogen and oxygen atoms in total. The van der Waals surface area contributed by atoms with Gasteiger partial charge in [0.2, 0.25) is 0 Å². The molecule has 1 N–H and O–H groups in total. The van der Waals surface area contributed by atoms with Crippen LogP contribution in [0.2, 0.25) is 0 Å². The third-order valence-corrected chi connectivity index (χ3v) is 7.68. The van der Waals surface area contributed by atoms with Crippen molar-refractivity contribution in [1.82, 2.24) is 10.2 Å². The summed E-state index contributed by atoms with van der Waals surface area (Å²) in [6, 6.07) is 0. The standard InChI is InChI=1S/C23H42N2O2/c1-20(2)17-22(19(26)21(3,4)25(20)5)18-24-23(27-22)15-13-11-9-7-6-8-10-12-14-16-23/h24H,6-18H2,1-5H3. The number of carbonyl (C=O) groups is 1. The van der Waals surface area contributed by atoms with E-state index in [1.807, 2.05) is 0 Å². The van der Waals surface area contributed by atoms with E-state index in [1.54, 1.807) is 0 Å². The molecule has 4 heteroatoms. The summed E-state index contributed by atoms with van der Waals surface area (Å²) in [5.74, 6) is 0.257. The Morgan fingerprint density at radius 2 is 1.33 bits per heavy atom. The van der Waals surface area contributed by atoms with Gasteiger partial charge in [0.15, 0.2) is 5.78 Å². The normalized spacial score (nSPS) is 35.1. The van der Waals surface area contributed by atoms with Gasteiger partial charge in [0, 0.05) is 18.5 Å². The number of Topliss-reactive ketones (excluding diaryl/α,β-unsaturated/α-hetero) is 1. The highest BCUT2D eigenvalue weighted by Crippen LogP contribution is 2.47. The van der Waals surface area contributed by atoms with Gasteiger partial charge in [-0.15, -0.1) is 0 Å². The molecule has 3 rings (SSSR count). The van der Waals surface area contributed by atoms with Crippen molar-refractivity contribution in [2.75, 3.05) is 13.6 Å². The largest absolute Gasteiger partial charge is 0.345 e. The summed E-state index contributed by atoms with van der Waals surface area (Å²) in [6.45, 7) is 9.30. The maximum Gasteiger partial charge on any atom is 0.185 e. The number of ether oxygens (including phenoxy) is 1. The van der Waals surface area contributed by atoms with Crippen LogP contribution in [-0.4, -0.2) is 46.7 Å². The lowest BCUT2D eigenvalue weighted by molar-refractivity contribution is -0.189. The van der Waals surface area contributed by atoms with E-state index >= 15 is 0 Å². The molecule has 0 bridgehead atoms. The second-order valence-corrected chi connectivity index (χ2v) is 10.6. The number of likely N-dealkylation sites (N-methyl/N-ethyl adjacent to an activating group) is 1. The van der Waals surface area contributed by atoms with Crippen molar-refractivity contribution in [3.63, 3.8) is 0 Å². The third kappa shape index (κ3) is 4.13. The van der Waals surface area contributed by atoms with E-state index in [0.29, 0.717) is 6.54 Å². The number of likely N-dealkylation sites (tertiary alicyclic amines) is 1. The maximum atomic E-state index is 13.6. The van der Waals surface area contributed by atoms with Gasteiger partial charge in [-0.3, -0.25) is 15.0 Å². The number of ketones is 1. The first-order valence-corrected chi connectivity index (χ1v) is 11.4. The Balaban J connectivity index is 1.80. The Kier molecular flexibility index (Phi) is 6.11. The summed E-state index contributed by atoms with van der Waals surface area (Å²) >= 11 is 0. The lowest BCUT2D eigenvalue weighted by Gasteiger charge is -2.55. The van der Waals surface area contributed by atoms with Crippen LogP contribution in [0.5, 0.6) is 0 Å². The minimum absolute atomic E-state index is 0.0595. The molecule has 0 aromatic heterocycles. The fourth-order valence-electron chi connectivity index (χ4n) is 5.80. The van der Waals surface area contributed by atoms with Crippen LogP contribution in [0, 0.1) is 0 Å². The highest BCUT2D eigenvalue weighted by Gasteiger charge is 2.63. The van der Waals surface area contributed by atoms with Crippen LogP contribution in [0.3, 0.4) is 0 Å². The third-order valence-electron chi connectivity index (χ3n) is 7.68. The van der Waals surface area contributed by atoms with Gasteiger partial charge in [0.1, 0.15) is 11.3 Å². The summed E-state index contributed by atoms with van der Waals surface area (Å²) in [7, 11) is 2.08. The number of carbonyl (C=O) groups excluding carboxylic acids is 1. The van der Waals surface area contributed by atoms with Crippen molar-refractivity contribution in [1.29, 1.82) is 0 Å². The minimum Gasteiger partial charge on any atom is -0.345 e. The topological polar surface area (TPSA) is 41.6 Å². The molecule has 0 aromatic carbocycles. The molecule has 1 atom stereocenters. The van der Waals surface area contributed by atoms with Crippen LogP contribution in [0.15, 0.2) is 0 Å². The molecular weight excluding hydrogens is 336 g/mol.